The number of esters is 2. The van der Waals surface area contributed by atoms with Crippen molar-refractivity contribution in [1.29, 1.82) is 0 Å². The molecule has 0 radical (unpaired) electrons. The van der Waals surface area contributed by atoms with Crippen molar-refractivity contribution in [3.63, 3.8) is 0 Å². The molecule has 9 heteroatoms. The van der Waals surface area contributed by atoms with Gasteiger partial charge in [0.2, 0.25) is 5.43 Å². The number of ether oxygens (including phenoxy) is 4. The number of nitrogens with zero attached hydrogens (tertiary/aromatic N) is 1. The van der Waals surface area contributed by atoms with Crippen molar-refractivity contribution in [2.75, 3.05) is 7.11 Å². The van der Waals surface area contributed by atoms with Gasteiger partial charge in [0, 0.05) is 36.0 Å². The fraction of sp³-hybridized carbons (Fsp3) is 0.229. The Morgan fingerprint density at radius 3 is 2.41 bits per heavy atom. The molecular formula is C35H30BrNO7. The van der Waals surface area contributed by atoms with E-state index in [1.165, 1.54) is 20.1 Å². The molecule has 0 amide bonds. The summed E-state index contributed by atoms with van der Waals surface area (Å²) in [5.41, 5.74) is 0.976. The van der Waals surface area contributed by atoms with Crippen LogP contribution in [0, 0.1) is 0 Å². The highest BCUT2D eigenvalue weighted by molar-refractivity contribution is 9.10. The van der Waals surface area contributed by atoms with Crippen LogP contribution < -0.4 is 14.9 Å². The van der Waals surface area contributed by atoms with Crippen LogP contribution in [0.25, 0.3) is 38.7 Å². The fourth-order valence-electron chi connectivity index (χ4n) is 5.97. The number of hydrogen-bond acceptors (Lipinski definition) is 7. The van der Waals surface area contributed by atoms with E-state index in [9.17, 15) is 14.4 Å². The van der Waals surface area contributed by atoms with Gasteiger partial charge in [-0.25, -0.2) is 4.79 Å². The number of rotatable bonds is 5. The Hall–Kier alpha value is -4.63. The van der Waals surface area contributed by atoms with E-state index < -0.39 is 29.7 Å². The molecule has 0 aliphatic carbocycles. The Morgan fingerprint density at radius 2 is 1.73 bits per heavy atom. The van der Waals surface area contributed by atoms with Crippen molar-refractivity contribution >= 4 is 66.5 Å². The van der Waals surface area contributed by atoms with E-state index in [2.05, 4.69) is 15.9 Å². The summed E-state index contributed by atoms with van der Waals surface area (Å²) in [7, 11) is 3.33. The first-order chi connectivity index (χ1) is 21.0. The van der Waals surface area contributed by atoms with Gasteiger partial charge < -0.3 is 23.5 Å². The molecule has 0 saturated heterocycles. The Labute approximate surface area is 261 Å². The summed E-state index contributed by atoms with van der Waals surface area (Å²) in [6, 6.07) is 20.7. The summed E-state index contributed by atoms with van der Waals surface area (Å²) in [4.78, 5) is 39.9. The Balaban J connectivity index is 1.57. The molecule has 4 aromatic carbocycles. The van der Waals surface area contributed by atoms with Crippen molar-refractivity contribution in [2.24, 2.45) is 7.05 Å². The van der Waals surface area contributed by atoms with Gasteiger partial charge in [-0.1, -0.05) is 52.3 Å². The molecule has 2 atom stereocenters. The molecule has 1 aromatic heterocycles. The number of aromatic nitrogens is 1. The second kappa shape index (κ2) is 11.1. The molecule has 5 aromatic rings. The number of benzene rings is 4. The number of pyridine rings is 1. The average Bonchev–Trinajstić information content (AvgIpc) is 2.98. The molecule has 44 heavy (non-hydrogen) atoms. The standard InChI is InChI=1S/C35H30BrNO7/c1-19(38)42-33-30-27(44-35(2,3)34(33)43-28(39)14-13-20-9-8-12-23(36)15-20)18-26(41-5)29-31(30)37(4)25-17-22-11-7-6-10-21(22)16-24(25)32(29)40/h6-18,33-34H,1-5H3/b14-13+. The summed E-state index contributed by atoms with van der Waals surface area (Å²) in [6.45, 7) is 4.80. The van der Waals surface area contributed by atoms with Gasteiger partial charge in [-0.3, -0.25) is 9.59 Å². The molecule has 8 nitrogen and oxygen atoms in total. The number of hydrogen-bond donors (Lipinski definition) is 0. The molecule has 0 saturated carbocycles. The lowest BCUT2D eigenvalue weighted by molar-refractivity contribution is -0.185. The third-order valence-electron chi connectivity index (χ3n) is 7.93. The van der Waals surface area contributed by atoms with Crippen LogP contribution in [0.4, 0.5) is 0 Å². The maximum Gasteiger partial charge on any atom is 0.331 e. The minimum atomic E-state index is -1.13. The molecule has 0 spiro atoms. The maximum atomic E-state index is 14.2. The highest BCUT2D eigenvalue weighted by Gasteiger charge is 2.50. The van der Waals surface area contributed by atoms with Gasteiger partial charge >= 0.3 is 11.9 Å². The van der Waals surface area contributed by atoms with Crippen molar-refractivity contribution in [3.8, 4) is 11.5 Å². The van der Waals surface area contributed by atoms with Crippen LogP contribution in [0.3, 0.4) is 0 Å². The molecule has 1 aliphatic heterocycles. The quantitative estimate of drug-likeness (QED) is 0.114. The van der Waals surface area contributed by atoms with Gasteiger partial charge in [0.15, 0.2) is 12.2 Å². The number of methoxy groups -OCH3 is 1. The highest BCUT2D eigenvalue weighted by atomic mass is 79.9. The monoisotopic (exact) mass is 655 g/mol. The van der Waals surface area contributed by atoms with E-state index in [1.807, 2.05) is 72.3 Å². The van der Waals surface area contributed by atoms with Gasteiger partial charge in [-0.05, 0) is 60.5 Å². The predicted molar refractivity (Wildman–Crippen MR) is 173 cm³/mol. The van der Waals surface area contributed by atoms with Crippen LogP contribution in [0.1, 0.15) is 38.0 Å². The largest absolute Gasteiger partial charge is 0.496 e. The average molecular weight is 657 g/mol. The van der Waals surface area contributed by atoms with Crippen LogP contribution in [-0.2, 0) is 26.1 Å². The van der Waals surface area contributed by atoms with Crippen LogP contribution in [0.5, 0.6) is 11.5 Å². The first-order valence-electron chi connectivity index (χ1n) is 14.0. The fourth-order valence-corrected chi connectivity index (χ4v) is 6.38. The number of aryl methyl sites for hydroxylation is 1. The summed E-state index contributed by atoms with van der Waals surface area (Å²) in [6.07, 6.45) is 0.807. The second-order valence-electron chi connectivity index (χ2n) is 11.3. The van der Waals surface area contributed by atoms with Crippen molar-refractivity contribution in [3.05, 3.63) is 98.6 Å². The zero-order valence-corrected chi connectivity index (χ0v) is 26.4. The Bertz CT molecular complexity index is 2080. The molecule has 0 fully saturated rings. The second-order valence-corrected chi connectivity index (χ2v) is 12.2. The van der Waals surface area contributed by atoms with E-state index in [1.54, 1.807) is 26.0 Å². The smallest absolute Gasteiger partial charge is 0.331 e. The minimum absolute atomic E-state index is 0.240. The van der Waals surface area contributed by atoms with Gasteiger partial charge in [0.25, 0.3) is 0 Å². The zero-order valence-electron chi connectivity index (χ0n) is 24.8. The topological polar surface area (TPSA) is 93.1 Å². The van der Waals surface area contributed by atoms with Crippen LogP contribution >= 0.6 is 15.9 Å². The third-order valence-corrected chi connectivity index (χ3v) is 8.43. The lowest BCUT2D eigenvalue weighted by atomic mass is 9.86. The first-order valence-corrected chi connectivity index (χ1v) is 14.8. The normalized spacial score (nSPS) is 17.4. The summed E-state index contributed by atoms with van der Waals surface area (Å²) in [5, 5.41) is 2.71. The van der Waals surface area contributed by atoms with E-state index in [4.69, 9.17) is 18.9 Å². The first kappa shape index (κ1) is 29.4. The molecule has 0 N–H and O–H groups in total. The highest BCUT2D eigenvalue weighted by Crippen LogP contribution is 2.49. The van der Waals surface area contributed by atoms with Crippen LogP contribution in [0.2, 0.25) is 0 Å². The summed E-state index contributed by atoms with van der Waals surface area (Å²) >= 11 is 3.43. The molecular weight excluding hydrogens is 626 g/mol. The van der Waals surface area contributed by atoms with E-state index in [0.29, 0.717) is 38.9 Å². The van der Waals surface area contributed by atoms with E-state index in [-0.39, 0.29) is 5.43 Å². The minimum Gasteiger partial charge on any atom is -0.496 e. The van der Waals surface area contributed by atoms with E-state index in [0.717, 1.165) is 20.8 Å². The lowest BCUT2D eigenvalue weighted by Gasteiger charge is -2.43. The molecule has 1 aliphatic rings. The third kappa shape index (κ3) is 5.11. The molecule has 0 bridgehead atoms. The summed E-state index contributed by atoms with van der Waals surface area (Å²) in [5.74, 6) is -0.544. The lowest BCUT2D eigenvalue weighted by Crippen LogP contribution is -2.52. The van der Waals surface area contributed by atoms with Crippen molar-refractivity contribution in [2.45, 2.75) is 38.6 Å². The number of halogens is 1. The van der Waals surface area contributed by atoms with Crippen molar-refractivity contribution < 1.29 is 28.5 Å². The van der Waals surface area contributed by atoms with E-state index >= 15 is 0 Å². The molecule has 2 heterocycles. The predicted octanol–water partition coefficient (Wildman–Crippen LogP) is 7.02. The number of fused-ring (bicyclic) bond motifs is 5. The Morgan fingerprint density at radius 1 is 1.00 bits per heavy atom. The Kier molecular flexibility index (Phi) is 7.45. The molecule has 6 rings (SSSR count). The zero-order chi connectivity index (χ0) is 31.3. The van der Waals surface area contributed by atoms with Gasteiger partial charge in [0.05, 0.1) is 29.1 Å². The SMILES string of the molecule is COc1cc2c(c3c1c(=O)c1cc4ccccc4cc1n3C)C(OC(C)=O)C(OC(=O)/C=C/c1cccc(Br)c1)C(C)(C)O2. The van der Waals surface area contributed by atoms with Gasteiger partial charge in [0.1, 0.15) is 17.1 Å². The van der Waals surface area contributed by atoms with Crippen LogP contribution in [0.15, 0.2) is 82.1 Å². The number of carbonyl (C=O) groups is 2. The van der Waals surface area contributed by atoms with Gasteiger partial charge in [-0.15, -0.1) is 0 Å². The van der Waals surface area contributed by atoms with Crippen molar-refractivity contribution in [1.82, 2.24) is 4.57 Å². The van der Waals surface area contributed by atoms with Crippen LogP contribution in [-0.4, -0.2) is 35.3 Å². The summed E-state index contributed by atoms with van der Waals surface area (Å²) < 4.78 is 26.8. The molecule has 224 valence electrons. The maximum absolute atomic E-state index is 14.2. The molecule has 2 unspecified atom stereocenters. The van der Waals surface area contributed by atoms with Gasteiger partial charge in [-0.2, -0.15) is 0 Å². The number of carbonyl (C=O) groups excluding carboxylic acids is 2.